The third-order valence-corrected chi connectivity index (χ3v) is 1.88. The van der Waals surface area contributed by atoms with Crippen LogP contribution in [0.15, 0.2) is 24.3 Å². The Bertz CT molecular complexity index is 427. The van der Waals surface area contributed by atoms with Crippen LogP contribution >= 0.6 is 0 Å². The van der Waals surface area contributed by atoms with E-state index in [1.54, 1.807) is 12.1 Å². The average molecular weight is 216 g/mol. The molecule has 3 heteroatoms. The molecule has 0 aromatic heterocycles. The highest BCUT2D eigenvalue weighted by atomic mass is 16.1. The molecule has 1 amide bonds. The van der Waals surface area contributed by atoms with Gasteiger partial charge in [0.1, 0.15) is 0 Å². The van der Waals surface area contributed by atoms with E-state index in [9.17, 15) is 4.79 Å². The molecule has 16 heavy (non-hydrogen) atoms. The molecule has 1 aromatic carbocycles. The number of benzene rings is 1. The van der Waals surface area contributed by atoms with E-state index in [1.165, 1.54) is 0 Å². The molecule has 0 aliphatic heterocycles. The number of carbonyl (C=O) groups is 1. The third-order valence-electron chi connectivity index (χ3n) is 1.88. The van der Waals surface area contributed by atoms with E-state index < -0.39 is 0 Å². The first-order chi connectivity index (χ1) is 7.63. The van der Waals surface area contributed by atoms with Gasteiger partial charge in [-0.15, -0.1) is 0 Å². The number of nitrogens with one attached hydrogen (secondary N) is 1. The maximum absolute atomic E-state index is 11.7. The van der Waals surface area contributed by atoms with Gasteiger partial charge in [-0.1, -0.05) is 17.9 Å². The molecule has 1 rings (SSSR count). The first kappa shape index (κ1) is 12.3. The number of nitrogens with two attached hydrogens (primary N) is 1. The molecule has 0 atom stereocenters. The Morgan fingerprint density at radius 3 is 2.88 bits per heavy atom. The van der Waals surface area contributed by atoms with Gasteiger partial charge in [-0.25, -0.2) is 0 Å². The lowest BCUT2D eigenvalue weighted by Gasteiger charge is -2.08. The number of rotatable bonds is 2. The lowest BCUT2D eigenvalue weighted by Crippen LogP contribution is -2.30. The fraction of sp³-hybridized carbons (Fsp3) is 0.308. The van der Waals surface area contributed by atoms with Gasteiger partial charge in [0.2, 0.25) is 0 Å². The Labute approximate surface area is 96.0 Å². The minimum atomic E-state index is -0.0774. The summed E-state index contributed by atoms with van der Waals surface area (Å²) in [6.07, 6.45) is 0. The lowest BCUT2D eigenvalue weighted by molar-refractivity contribution is 0.0943. The van der Waals surface area contributed by atoms with E-state index in [-0.39, 0.29) is 11.9 Å². The van der Waals surface area contributed by atoms with Gasteiger partial charge in [-0.05, 0) is 32.0 Å². The predicted molar refractivity (Wildman–Crippen MR) is 65.0 cm³/mol. The van der Waals surface area contributed by atoms with Crippen LogP contribution in [0.1, 0.15) is 29.8 Å². The molecule has 0 aliphatic carbocycles. The zero-order chi connectivity index (χ0) is 12.0. The SMILES string of the molecule is CC(C)NC(=O)c1cccc(C#CCN)c1. The molecule has 0 unspecified atom stereocenters. The van der Waals surface area contributed by atoms with E-state index >= 15 is 0 Å². The van der Waals surface area contributed by atoms with Gasteiger partial charge in [-0.3, -0.25) is 4.79 Å². The summed E-state index contributed by atoms with van der Waals surface area (Å²) in [4.78, 5) is 11.7. The van der Waals surface area contributed by atoms with E-state index in [0.717, 1.165) is 5.56 Å². The molecule has 3 nitrogen and oxygen atoms in total. The van der Waals surface area contributed by atoms with Crippen LogP contribution in [0.3, 0.4) is 0 Å². The van der Waals surface area contributed by atoms with Crippen molar-refractivity contribution in [2.45, 2.75) is 19.9 Å². The van der Waals surface area contributed by atoms with E-state index in [2.05, 4.69) is 17.2 Å². The van der Waals surface area contributed by atoms with Crippen molar-refractivity contribution in [2.24, 2.45) is 5.73 Å². The summed E-state index contributed by atoms with van der Waals surface area (Å²) in [5.41, 5.74) is 6.72. The Morgan fingerprint density at radius 1 is 1.50 bits per heavy atom. The number of amides is 1. The molecule has 1 aromatic rings. The maximum Gasteiger partial charge on any atom is 0.251 e. The summed E-state index contributed by atoms with van der Waals surface area (Å²) in [5.74, 6) is 5.58. The highest BCUT2D eigenvalue weighted by Crippen LogP contribution is 2.04. The van der Waals surface area contributed by atoms with E-state index in [1.807, 2.05) is 26.0 Å². The van der Waals surface area contributed by atoms with Crippen LogP contribution in [0.2, 0.25) is 0 Å². The van der Waals surface area contributed by atoms with Gasteiger partial charge in [0, 0.05) is 17.2 Å². The largest absolute Gasteiger partial charge is 0.350 e. The van der Waals surface area contributed by atoms with E-state index in [0.29, 0.717) is 12.1 Å². The van der Waals surface area contributed by atoms with Crippen molar-refractivity contribution in [2.75, 3.05) is 6.54 Å². The Hall–Kier alpha value is -1.79. The summed E-state index contributed by atoms with van der Waals surface area (Å²) in [6, 6.07) is 7.34. The summed E-state index contributed by atoms with van der Waals surface area (Å²) in [6.45, 7) is 4.17. The molecule has 0 fully saturated rings. The molecule has 0 saturated heterocycles. The second kappa shape index (κ2) is 5.94. The quantitative estimate of drug-likeness (QED) is 0.728. The Morgan fingerprint density at radius 2 is 2.25 bits per heavy atom. The van der Waals surface area contributed by atoms with E-state index in [4.69, 9.17) is 5.73 Å². The smallest absolute Gasteiger partial charge is 0.251 e. The minimum Gasteiger partial charge on any atom is -0.350 e. The average Bonchev–Trinajstić information content (AvgIpc) is 2.26. The van der Waals surface area contributed by atoms with Crippen molar-refractivity contribution >= 4 is 5.91 Å². The summed E-state index contributed by atoms with van der Waals surface area (Å²) in [7, 11) is 0. The van der Waals surface area contributed by atoms with Crippen LogP contribution in [-0.4, -0.2) is 18.5 Å². The molecule has 0 spiro atoms. The molecule has 0 saturated carbocycles. The third kappa shape index (κ3) is 3.76. The molecule has 3 N–H and O–H groups in total. The van der Waals surface area contributed by atoms with Crippen molar-refractivity contribution < 1.29 is 4.79 Å². The molecular weight excluding hydrogens is 200 g/mol. The van der Waals surface area contributed by atoms with Crippen LogP contribution in [-0.2, 0) is 0 Å². The van der Waals surface area contributed by atoms with Crippen molar-refractivity contribution in [1.29, 1.82) is 0 Å². The Kier molecular flexibility index (Phi) is 4.56. The van der Waals surface area contributed by atoms with Gasteiger partial charge in [0.25, 0.3) is 5.91 Å². The fourth-order valence-corrected chi connectivity index (χ4v) is 1.24. The fourth-order valence-electron chi connectivity index (χ4n) is 1.24. The first-order valence-corrected chi connectivity index (χ1v) is 5.23. The molecule has 0 heterocycles. The standard InChI is InChI=1S/C13H16N2O/c1-10(2)15-13(16)12-7-3-5-11(9-12)6-4-8-14/h3,5,7,9-10H,8,14H2,1-2H3,(H,15,16). The first-order valence-electron chi connectivity index (χ1n) is 5.23. The second-order valence-electron chi connectivity index (χ2n) is 3.71. The zero-order valence-electron chi connectivity index (χ0n) is 9.58. The Balaban J connectivity index is 2.85. The number of hydrogen-bond acceptors (Lipinski definition) is 2. The monoisotopic (exact) mass is 216 g/mol. The second-order valence-corrected chi connectivity index (χ2v) is 3.71. The topological polar surface area (TPSA) is 55.1 Å². The summed E-state index contributed by atoms with van der Waals surface area (Å²) in [5, 5.41) is 2.83. The van der Waals surface area contributed by atoms with Crippen molar-refractivity contribution in [3.8, 4) is 11.8 Å². The summed E-state index contributed by atoms with van der Waals surface area (Å²) < 4.78 is 0. The van der Waals surface area contributed by atoms with Crippen LogP contribution in [0.25, 0.3) is 0 Å². The normalized spacial score (nSPS) is 9.50. The number of carbonyl (C=O) groups excluding carboxylic acids is 1. The van der Waals surface area contributed by atoms with Gasteiger partial charge >= 0.3 is 0 Å². The lowest BCUT2D eigenvalue weighted by atomic mass is 10.1. The van der Waals surface area contributed by atoms with Crippen LogP contribution < -0.4 is 11.1 Å². The molecule has 0 bridgehead atoms. The predicted octanol–water partition coefficient (Wildman–Crippen LogP) is 1.13. The number of hydrogen-bond donors (Lipinski definition) is 2. The summed E-state index contributed by atoms with van der Waals surface area (Å²) >= 11 is 0. The zero-order valence-corrected chi connectivity index (χ0v) is 9.58. The van der Waals surface area contributed by atoms with Crippen LogP contribution in [0, 0.1) is 11.8 Å². The van der Waals surface area contributed by atoms with Crippen molar-refractivity contribution in [3.05, 3.63) is 35.4 Å². The van der Waals surface area contributed by atoms with Gasteiger partial charge in [0.15, 0.2) is 0 Å². The molecule has 84 valence electrons. The van der Waals surface area contributed by atoms with Crippen LogP contribution in [0.4, 0.5) is 0 Å². The molecule has 0 radical (unpaired) electrons. The van der Waals surface area contributed by atoms with Crippen molar-refractivity contribution in [3.63, 3.8) is 0 Å². The maximum atomic E-state index is 11.7. The van der Waals surface area contributed by atoms with Gasteiger partial charge in [-0.2, -0.15) is 0 Å². The van der Waals surface area contributed by atoms with Gasteiger partial charge < -0.3 is 11.1 Å². The van der Waals surface area contributed by atoms with Crippen LogP contribution in [0.5, 0.6) is 0 Å². The highest BCUT2D eigenvalue weighted by Gasteiger charge is 2.06. The highest BCUT2D eigenvalue weighted by molar-refractivity contribution is 5.94. The van der Waals surface area contributed by atoms with Crippen molar-refractivity contribution in [1.82, 2.24) is 5.32 Å². The minimum absolute atomic E-state index is 0.0774. The van der Waals surface area contributed by atoms with Gasteiger partial charge in [0.05, 0.1) is 6.54 Å². The molecule has 0 aliphatic rings. The molecular formula is C13H16N2O.